The van der Waals surface area contributed by atoms with E-state index in [1.54, 1.807) is 12.1 Å². The molecule has 0 saturated heterocycles. The highest BCUT2D eigenvalue weighted by Crippen LogP contribution is 2.30. The van der Waals surface area contributed by atoms with Crippen molar-refractivity contribution in [3.63, 3.8) is 0 Å². The Morgan fingerprint density at radius 2 is 1.74 bits per heavy atom. The van der Waals surface area contributed by atoms with Crippen molar-refractivity contribution in [1.29, 1.82) is 0 Å². The predicted molar refractivity (Wildman–Crippen MR) is 78.2 cm³/mol. The van der Waals surface area contributed by atoms with Crippen molar-refractivity contribution in [1.82, 2.24) is 0 Å². The zero-order valence-corrected chi connectivity index (χ0v) is 11.2. The fourth-order valence-corrected chi connectivity index (χ4v) is 2.22. The van der Waals surface area contributed by atoms with Gasteiger partial charge in [0.05, 0.1) is 6.61 Å². The number of hydrogen-bond donors (Lipinski definition) is 2. The number of rotatable bonds is 3. The van der Waals surface area contributed by atoms with Gasteiger partial charge in [0.2, 0.25) is 0 Å². The van der Waals surface area contributed by atoms with E-state index in [-0.39, 0.29) is 12.4 Å². The van der Waals surface area contributed by atoms with Gasteiger partial charge in [-0.1, -0.05) is 42.5 Å². The van der Waals surface area contributed by atoms with E-state index in [9.17, 15) is 10.2 Å². The first kappa shape index (κ1) is 13.4. The highest BCUT2D eigenvalue weighted by atomic mass is 16.3. The molecule has 0 fully saturated rings. The Morgan fingerprint density at radius 3 is 2.37 bits per heavy atom. The fraction of sp³-hybridized carbons (Fsp3) is 0.176. The molecule has 0 unspecified atom stereocenters. The Hall–Kier alpha value is -2.06. The number of benzene rings is 2. The second-order valence-electron chi connectivity index (χ2n) is 4.62. The lowest BCUT2D eigenvalue weighted by Gasteiger charge is -2.13. The molecule has 2 rings (SSSR count). The van der Waals surface area contributed by atoms with E-state index in [2.05, 4.69) is 0 Å². The summed E-state index contributed by atoms with van der Waals surface area (Å²) < 4.78 is 0. The molecule has 0 aromatic heterocycles. The predicted octanol–water partition coefficient (Wildman–Crippen LogP) is 3.43. The van der Waals surface area contributed by atoms with Crippen LogP contribution in [0.1, 0.15) is 22.3 Å². The molecule has 2 aromatic carbocycles. The summed E-state index contributed by atoms with van der Waals surface area (Å²) in [7, 11) is 0. The summed E-state index contributed by atoms with van der Waals surface area (Å²) in [6.07, 6.45) is 1.77. The zero-order valence-electron chi connectivity index (χ0n) is 11.2. The van der Waals surface area contributed by atoms with Crippen LogP contribution in [0.4, 0.5) is 0 Å². The number of hydrogen-bond acceptors (Lipinski definition) is 2. The molecule has 0 heterocycles. The molecule has 0 aliphatic rings. The van der Waals surface area contributed by atoms with Crippen LogP contribution in [0, 0.1) is 13.8 Å². The maximum absolute atomic E-state index is 9.90. The van der Waals surface area contributed by atoms with E-state index in [1.807, 2.05) is 50.2 Å². The third kappa shape index (κ3) is 2.85. The summed E-state index contributed by atoms with van der Waals surface area (Å²) in [5.74, 6) is 0.278. The Balaban J connectivity index is 2.59. The van der Waals surface area contributed by atoms with Crippen LogP contribution < -0.4 is 0 Å². The Kier molecular flexibility index (Phi) is 4.03. The van der Waals surface area contributed by atoms with Crippen molar-refractivity contribution in [3.8, 4) is 5.75 Å². The molecule has 2 nitrogen and oxygen atoms in total. The quantitative estimate of drug-likeness (QED) is 0.881. The third-order valence-electron chi connectivity index (χ3n) is 3.21. The molecule has 0 amide bonds. The van der Waals surface area contributed by atoms with Gasteiger partial charge in [-0.25, -0.2) is 0 Å². The van der Waals surface area contributed by atoms with Crippen LogP contribution in [-0.4, -0.2) is 16.8 Å². The molecule has 98 valence electrons. The standard InChI is InChI=1S/C17H18O2/c1-12-10-13(2)17(19)11-16(12)15(8-9-18)14-6-4-3-5-7-14/h3-8,10-11,18-19H,9H2,1-2H3/b15-8-. The van der Waals surface area contributed by atoms with E-state index in [1.165, 1.54) is 0 Å². The highest BCUT2D eigenvalue weighted by Gasteiger charge is 2.10. The van der Waals surface area contributed by atoms with E-state index >= 15 is 0 Å². The normalized spacial score (nSPS) is 11.6. The smallest absolute Gasteiger partial charge is 0.119 e. The van der Waals surface area contributed by atoms with Crippen LogP contribution in [-0.2, 0) is 0 Å². The van der Waals surface area contributed by atoms with E-state index in [0.717, 1.165) is 27.8 Å². The van der Waals surface area contributed by atoms with Gasteiger partial charge in [-0.2, -0.15) is 0 Å². The topological polar surface area (TPSA) is 40.5 Å². The summed E-state index contributed by atoms with van der Waals surface area (Å²) in [5.41, 5.74) is 4.86. The van der Waals surface area contributed by atoms with Gasteiger partial charge >= 0.3 is 0 Å². The summed E-state index contributed by atoms with van der Waals surface area (Å²) in [5, 5.41) is 19.1. The monoisotopic (exact) mass is 254 g/mol. The van der Waals surface area contributed by atoms with Crippen LogP contribution in [0.2, 0.25) is 0 Å². The van der Waals surface area contributed by atoms with Crippen LogP contribution >= 0.6 is 0 Å². The second-order valence-corrected chi connectivity index (χ2v) is 4.62. The van der Waals surface area contributed by atoms with Crippen molar-refractivity contribution in [2.24, 2.45) is 0 Å². The highest BCUT2D eigenvalue weighted by molar-refractivity contribution is 5.82. The van der Waals surface area contributed by atoms with Gasteiger partial charge in [0.25, 0.3) is 0 Å². The van der Waals surface area contributed by atoms with Crippen molar-refractivity contribution < 1.29 is 10.2 Å². The summed E-state index contributed by atoms with van der Waals surface area (Å²) in [4.78, 5) is 0. The first-order valence-corrected chi connectivity index (χ1v) is 6.30. The average molecular weight is 254 g/mol. The first-order chi connectivity index (χ1) is 9.13. The molecular formula is C17H18O2. The van der Waals surface area contributed by atoms with Crippen LogP contribution in [0.25, 0.3) is 5.57 Å². The molecule has 0 aliphatic carbocycles. The lowest BCUT2D eigenvalue weighted by molar-refractivity contribution is 0.343. The maximum atomic E-state index is 9.90. The van der Waals surface area contributed by atoms with Gasteiger partial charge in [-0.3, -0.25) is 0 Å². The third-order valence-corrected chi connectivity index (χ3v) is 3.21. The van der Waals surface area contributed by atoms with Crippen molar-refractivity contribution in [2.75, 3.05) is 6.61 Å². The summed E-state index contributed by atoms with van der Waals surface area (Å²) in [6, 6.07) is 13.6. The minimum Gasteiger partial charge on any atom is -0.508 e. The molecule has 0 spiro atoms. The van der Waals surface area contributed by atoms with E-state index < -0.39 is 0 Å². The first-order valence-electron chi connectivity index (χ1n) is 6.30. The van der Waals surface area contributed by atoms with Crippen LogP contribution in [0.15, 0.2) is 48.5 Å². The van der Waals surface area contributed by atoms with Crippen molar-refractivity contribution in [3.05, 3.63) is 70.8 Å². The minimum atomic E-state index is -0.0295. The molecule has 2 N–H and O–H groups in total. The number of aromatic hydroxyl groups is 1. The number of aryl methyl sites for hydroxylation is 2. The molecule has 2 aromatic rings. The molecule has 0 bridgehead atoms. The second kappa shape index (κ2) is 5.72. The van der Waals surface area contributed by atoms with Crippen LogP contribution in [0.3, 0.4) is 0 Å². The lowest BCUT2D eigenvalue weighted by atomic mass is 9.92. The van der Waals surface area contributed by atoms with Gasteiger partial charge in [0, 0.05) is 0 Å². The largest absolute Gasteiger partial charge is 0.508 e. The molecule has 0 aliphatic heterocycles. The summed E-state index contributed by atoms with van der Waals surface area (Å²) in [6.45, 7) is 3.86. The number of phenolic OH excluding ortho intramolecular Hbond substituents is 1. The molecule has 0 saturated carbocycles. The van der Waals surface area contributed by atoms with Crippen molar-refractivity contribution in [2.45, 2.75) is 13.8 Å². The molecule has 0 atom stereocenters. The van der Waals surface area contributed by atoms with Gasteiger partial charge in [-0.15, -0.1) is 0 Å². The van der Waals surface area contributed by atoms with Gasteiger partial charge in [0.1, 0.15) is 5.75 Å². The Bertz CT molecular complexity index is 598. The molecule has 2 heteroatoms. The Morgan fingerprint density at radius 1 is 1.05 bits per heavy atom. The molecule has 0 radical (unpaired) electrons. The fourth-order valence-electron chi connectivity index (χ4n) is 2.22. The van der Waals surface area contributed by atoms with Gasteiger partial charge in [-0.05, 0) is 47.7 Å². The SMILES string of the molecule is Cc1cc(C)c(/C(=C\CO)c2ccccc2)cc1O. The minimum absolute atomic E-state index is 0.0295. The number of phenols is 1. The number of aliphatic hydroxyl groups excluding tert-OH is 1. The van der Waals surface area contributed by atoms with Crippen molar-refractivity contribution >= 4 is 5.57 Å². The van der Waals surface area contributed by atoms with E-state index in [0.29, 0.717) is 0 Å². The summed E-state index contributed by atoms with van der Waals surface area (Å²) >= 11 is 0. The number of aliphatic hydroxyl groups is 1. The van der Waals surface area contributed by atoms with Gasteiger partial charge < -0.3 is 10.2 Å². The zero-order chi connectivity index (χ0) is 13.8. The van der Waals surface area contributed by atoms with E-state index in [4.69, 9.17) is 0 Å². The lowest BCUT2D eigenvalue weighted by Crippen LogP contribution is -1.94. The molecule has 19 heavy (non-hydrogen) atoms. The Labute approximate surface area is 113 Å². The molecular weight excluding hydrogens is 236 g/mol. The van der Waals surface area contributed by atoms with Gasteiger partial charge in [0.15, 0.2) is 0 Å². The maximum Gasteiger partial charge on any atom is 0.119 e. The van der Waals surface area contributed by atoms with Crippen LogP contribution in [0.5, 0.6) is 5.75 Å². The average Bonchev–Trinajstić information content (AvgIpc) is 2.42.